The fourth-order valence-electron chi connectivity index (χ4n) is 12.5. The molecule has 3 fully saturated rings. The number of allylic oxidation sites excluding steroid dienone is 2. The number of fused-ring (bicyclic) bond motifs is 1. The average Bonchev–Trinajstić information content (AvgIpc) is 1.79. The largest absolute Gasteiger partial charge is 0.447 e. The number of ether oxygens (including phenoxy) is 3. The van der Waals surface area contributed by atoms with Crippen molar-refractivity contribution in [1.82, 2.24) is 60.5 Å². The number of likely N-dealkylation sites (N-methyl/N-ethyl adjacent to an activating group) is 6. The van der Waals surface area contributed by atoms with E-state index in [9.17, 15) is 39.0 Å². The molecular formula is C68H118N12O17. The van der Waals surface area contributed by atoms with Crippen LogP contribution in [-0.2, 0) is 67.0 Å². The van der Waals surface area contributed by atoms with Gasteiger partial charge in [-0.15, -0.1) is 0 Å². The third-order valence-corrected chi connectivity index (χ3v) is 18.5. The first-order valence-corrected chi connectivity index (χ1v) is 34.4. The number of amides is 12. The van der Waals surface area contributed by atoms with E-state index in [1.807, 2.05) is 41.5 Å². The quantitative estimate of drug-likeness (QED) is 0.0830. The van der Waals surface area contributed by atoms with E-state index >= 15 is 28.8 Å². The Morgan fingerprint density at radius 3 is 1.58 bits per heavy atom. The molecule has 0 aromatic heterocycles. The van der Waals surface area contributed by atoms with Crippen LogP contribution in [0.2, 0.25) is 0 Å². The number of aliphatic hydroxyl groups excluding tert-OH is 2. The molecule has 3 saturated heterocycles. The van der Waals surface area contributed by atoms with E-state index in [2.05, 4.69) is 21.3 Å². The van der Waals surface area contributed by atoms with Crippen molar-refractivity contribution in [1.29, 1.82) is 0 Å². The van der Waals surface area contributed by atoms with Crippen molar-refractivity contribution in [3.63, 3.8) is 0 Å². The van der Waals surface area contributed by atoms with Crippen LogP contribution in [0.15, 0.2) is 12.2 Å². The lowest BCUT2D eigenvalue weighted by Crippen LogP contribution is -2.64. The first-order chi connectivity index (χ1) is 45.3. The predicted molar refractivity (Wildman–Crippen MR) is 362 cm³/mol. The fourth-order valence-corrected chi connectivity index (χ4v) is 12.5. The summed E-state index contributed by atoms with van der Waals surface area (Å²) >= 11 is 0. The van der Waals surface area contributed by atoms with Crippen molar-refractivity contribution >= 4 is 71.1 Å². The minimum absolute atomic E-state index is 0.0898. The minimum Gasteiger partial charge on any atom is -0.447 e. The van der Waals surface area contributed by atoms with Crippen LogP contribution in [-0.4, -0.2) is 294 Å². The number of hydrogen-bond donors (Lipinski definition) is 6. The molecule has 0 saturated carbocycles. The van der Waals surface area contributed by atoms with Gasteiger partial charge in [-0.1, -0.05) is 95.2 Å². The molecule has 0 aromatic carbocycles. The molecule has 1 unspecified atom stereocenters. The summed E-state index contributed by atoms with van der Waals surface area (Å²) in [6.45, 7) is 25.3. The van der Waals surface area contributed by atoms with Crippen LogP contribution >= 0.6 is 0 Å². The van der Waals surface area contributed by atoms with Gasteiger partial charge in [0.1, 0.15) is 73.1 Å². The summed E-state index contributed by atoms with van der Waals surface area (Å²) < 4.78 is 17.0. The highest BCUT2D eigenvalue weighted by atomic mass is 16.6. The summed E-state index contributed by atoms with van der Waals surface area (Å²) in [5, 5.41) is 34.1. The van der Waals surface area contributed by atoms with Gasteiger partial charge in [-0.3, -0.25) is 52.7 Å². The molecule has 6 N–H and O–H groups in total. The van der Waals surface area contributed by atoms with Gasteiger partial charge in [0.15, 0.2) is 0 Å². The summed E-state index contributed by atoms with van der Waals surface area (Å²) in [6, 6.07) is -15.1. The second-order valence-corrected chi connectivity index (χ2v) is 28.3. The summed E-state index contributed by atoms with van der Waals surface area (Å²) in [7, 11) is 8.20. The zero-order valence-corrected chi connectivity index (χ0v) is 61.6. The van der Waals surface area contributed by atoms with Crippen LogP contribution in [0, 0.1) is 35.5 Å². The number of carbonyl (C=O) groups is 12. The molecule has 552 valence electrons. The van der Waals surface area contributed by atoms with E-state index in [1.165, 1.54) is 80.6 Å². The van der Waals surface area contributed by atoms with E-state index in [-0.39, 0.29) is 76.0 Å². The highest BCUT2D eigenvalue weighted by molar-refractivity contribution is 6.00. The van der Waals surface area contributed by atoms with Gasteiger partial charge in [0.05, 0.1) is 38.6 Å². The lowest BCUT2D eigenvalue weighted by molar-refractivity contribution is -0.157. The van der Waals surface area contributed by atoms with Crippen molar-refractivity contribution in [2.45, 2.75) is 221 Å². The van der Waals surface area contributed by atoms with E-state index < -0.39 is 174 Å². The standard InChI is InChI=1S/C68H118N12O17/c1-22-24-25-43(13)56(82)55-60(86)71-47(23-2)62(88)80-36-46(96-30-31-97-68(94)79-26-28-95-29-27-79)35-51(80)65(91)76(19)52(37-81)59(85)72-53(41(9)10)66(92)73(16)48(32-38(3)4)58(84)69-44(14)57(83)70-45(15)61(87)74(17)49(33-39(5)6)63(89)75(18)50(34-40(7)8)64(90)77(20)54(42(11)12)67(93)78(55)21/h22,24,38-56,81-82H,23,25-37H2,1-21H3,(H,69,84)(H,70,83)(H,71,86)(H,72,85)/b24-22+/t43-,44+,45-,46?,47+,48+,49+,50+,51-,52+,53+,54+,55+,56-/m1/s1. The summed E-state index contributed by atoms with van der Waals surface area (Å²) in [4.78, 5) is 186. The summed E-state index contributed by atoms with van der Waals surface area (Å²) in [6.07, 6.45) is 0.748. The number of rotatable bonds is 18. The topological polar surface area (TPSA) is 347 Å². The van der Waals surface area contributed by atoms with Gasteiger partial charge < -0.3 is 84.9 Å². The Hall–Kier alpha value is -6.98. The van der Waals surface area contributed by atoms with Gasteiger partial charge in [0.2, 0.25) is 65.0 Å². The molecule has 3 rings (SSSR count). The Kier molecular flexibility index (Phi) is 33.9. The van der Waals surface area contributed by atoms with E-state index in [4.69, 9.17) is 14.2 Å². The molecule has 0 bridgehead atoms. The van der Waals surface area contributed by atoms with E-state index in [1.54, 1.807) is 60.6 Å². The first kappa shape index (κ1) is 84.2. The Morgan fingerprint density at radius 2 is 1.06 bits per heavy atom. The fraction of sp³-hybridized carbons (Fsp3) is 0.794. The second-order valence-electron chi connectivity index (χ2n) is 28.3. The van der Waals surface area contributed by atoms with Crippen molar-refractivity contribution in [2.75, 3.05) is 95.0 Å². The smallest absolute Gasteiger partial charge is 0.409 e. The van der Waals surface area contributed by atoms with Gasteiger partial charge in [0, 0.05) is 68.3 Å². The van der Waals surface area contributed by atoms with Crippen LogP contribution in [0.1, 0.15) is 142 Å². The summed E-state index contributed by atoms with van der Waals surface area (Å²) in [5.74, 6) is -11.1. The zero-order valence-electron chi connectivity index (χ0n) is 61.6. The monoisotopic (exact) mass is 1370 g/mol. The SMILES string of the molecule is C/C=C/C[C@@H](C)[C@@H](O)[C@H]1C(=O)N[C@@H](CC)C(=O)N2CC(OCCOC(=O)N3CCOCC3)C[C@@H]2C(=O)N(C)[C@@H](CO)C(=O)N[C@@H](C(C)C)C(=O)N(C)[C@@H](CC(C)C)C(=O)N[C@@H](C)C(=O)N[C@H](C)C(=O)N(C)[C@@H](CC(C)C)C(=O)N(C)[C@@H](CC(C)C)C(=O)N(C)[C@@H](C(C)C)C(=O)N1C. The number of morpholine rings is 1. The third kappa shape index (κ3) is 22.8. The van der Waals surface area contributed by atoms with Gasteiger partial charge in [0.25, 0.3) is 0 Å². The number of hydrogen-bond acceptors (Lipinski definition) is 17. The number of nitrogens with zero attached hydrogens (tertiary/aromatic N) is 8. The maximum Gasteiger partial charge on any atom is 0.409 e. The third-order valence-electron chi connectivity index (χ3n) is 18.5. The molecule has 14 atom stereocenters. The lowest BCUT2D eigenvalue weighted by atomic mass is 9.91. The Balaban J connectivity index is 2.34. The van der Waals surface area contributed by atoms with Crippen LogP contribution in [0.3, 0.4) is 0 Å². The Bertz CT molecular complexity index is 2720. The molecule has 3 heterocycles. The maximum absolute atomic E-state index is 15.4. The molecule has 0 aliphatic carbocycles. The molecule has 12 amide bonds. The van der Waals surface area contributed by atoms with Gasteiger partial charge in [-0.05, 0) is 88.4 Å². The molecular weight excluding hydrogens is 1260 g/mol. The van der Waals surface area contributed by atoms with Gasteiger partial charge >= 0.3 is 6.09 Å². The predicted octanol–water partition coefficient (Wildman–Crippen LogP) is 1.21. The van der Waals surface area contributed by atoms with E-state index in [0.29, 0.717) is 26.3 Å². The Labute approximate surface area is 575 Å². The van der Waals surface area contributed by atoms with Gasteiger partial charge in [-0.2, -0.15) is 0 Å². The van der Waals surface area contributed by atoms with Crippen LogP contribution in [0.4, 0.5) is 4.79 Å². The highest BCUT2D eigenvalue weighted by Crippen LogP contribution is 2.28. The normalized spacial score (nSPS) is 28.0. The first-order valence-electron chi connectivity index (χ1n) is 34.4. The Morgan fingerprint density at radius 1 is 0.567 bits per heavy atom. The maximum atomic E-state index is 15.4. The van der Waals surface area contributed by atoms with Crippen molar-refractivity contribution < 1.29 is 82.0 Å². The van der Waals surface area contributed by atoms with Crippen LogP contribution < -0.4 is 21.3 Å². The molecule has 3 aliphatic rings. The van der Waals surface area contributed by atoms with Crippen molar-refractivity contribution in [3.8, 4) is 0 Å². The number of aliphatic hydroxyl groups is 2. The number of nitrogens with one attached hydrogen (secondary N) is 4. The summed E-state index contributed by atoms with van der Waals surface area (Å²) in [5.41, 5.74) is 0. The highest BCUT2D eigenvalue weighted by Gasteiger charge is 2.49. The zero-order chi connectivity index (χ0) is 73.8. The molecule has 0 aromatic rings. The van der Waals surface area contributed by atoms with Crippen LogP contribution in [0.25, 0.3) is 0 Å². The lowest BCUT2D eigenvalue weighted by Gasteiger charge is -2.41. The molecule has 29 heteroatoms. The number of carbonyl (C=O) groups excluding carboxylic acids is 12. The molecule has 0 radical (unpaired) electrons. The van der Waals surface area contributed by atoms with Crippen molar-refractivity contribution in [3.05, 3.63) is 12.2 Å². The molecule has 0 spiro atoms. The second kappa shape index (κ2) is 39.0. The van der Waals surface area contributed by atoms with Crippen molar-refractivity contribution in [2.24, 2.45) is 35.5 Å². The molecule has 3 aliphatic heterocycles. The molecule has 97 heavy (non-hydrogen) atoms. The minimum atomic E-state index is -1.71. The average molecular weight is 1380 g/mol. The van der Waals surface area contributed by atoms with Crippen LogP contribution in [0.5, 0.6) is 0 Å². The molecule has 29 nitrogen and oxygen atoms in total. The van der Waals surface area contributed by atoms with Gasteiger partial charge in [-0.25, -0.2) is 4.79 Å². The van der Waals surface area contributed by atoms with E-state index in [0.717, 1.165) is 14.7 Å².